The summed E-state index contributed by atoms with van der Waals surface area (Å²) in [6, 6.07) is 10.6. The Morgan fingerprint density at radius 3 is 2.45 bits per heavy atom. The highest BCUT2D eigenvalue weighted by Gasteiger charge is 2.33. The molecule has 0 aliphatic heterocycles. The van der Waals surface area contributed by atoms with Gasteiger partial charge in [-0.2, -0.15) is 0 Å². The first-order valence-electron chi connectivity index (χ1n) is 9.12. The Morgan fingerprint density at radius 2 is 1.90 bits per heavy atom. The zero-order valence-corrected chi connectivity index (χ0v) is 17.7. The fourth-order valence-electron chi connectivity index (χ4n) is 3.11. The van der Waals surface area contributed by atoms with Gasteiger partial charge in [-0.25, -0.2) is 8.42 Å². The van der Waals surface area contributed by atoms with Crippen LogP contribution in [0.15, 0.2) is 42.5 Å². The highest BCUT2D eigenvalue weighted by atomic mass is 32.2. The number of anilines is 1. The smallest absolute Gasteiger partial charge is 0.271 e. The SMILES string of the molecule is CC[C@H](C(=O)NCc1cccc(C)c1)N(c1cc([N+](=O)[O-])ccc1C)S(C)(=O)=O. The average molecular weight is 420 g/mol. The maximum absolute atomic E-state index is 12.9. The van der Waals surface area contributed by atoms with Crippen LogP contribution in [0.5, 0.6) is 0 Å². The van der Waals surface area contributed by atoms with Crippen LogP contribution in [0.2, 0.25) is 0 Å². The lowest BCUT2D eigenvalue weighted by atomic mass is 10.1. The van der Waals surface area contributed by atoms with Crippen LogP contribution in [-0.2, 0) is 21.4 Å². The van der Waals surface area contributed by atoms with Gasteiger partial charge in [-0.1, -0.05) is 42.8 Å². The third-order valence-electron chi connectivity index (χ3n) is 4.52. The maximum atomic E-state index is 12.9. The van der Waals surface area contributed by atoms with Gasteiger partial charge < -0.3 is 5.32 Å². The minimum atomic E-state index is -3.88. The van der Waals surface area contributed by atoms with Crippen molar-refractivity contribution in [3.05, 3.63) is 69.3 Å². The molecule has 2 aromatic rings. The fourth-order valence-corrected chi connectivity index (χ4v) is 4.37. The molecule has 0 aromatic heterocycles. The van der Waals surface area contributed by atoms with Crippen molar-refractivity contribution in [3.63, 3.8) is 0 Å². The minimum absolute atomic E-state index is 0.124. The molecule has 29 heavy (non-hydrogen) atoms. The summed E-state index contributed by atoms with van der Waals surface area (Å²) < 4.78 is 26.1. The Kier molecular flexibility index (Phi) is 6.97. The maximum Gasteiger partial charge on any atom is 0.271 e. The quantitative estimate of drug-likeness (QED) is 0.522. The van der Waals surface area contributed by atoms with Crippen molar-refractivity contribution < 1.29 is 18.1 Å². The van der Waals surface area contributed by atoms with Crippen LogP contribution in [0.1, 0.15) is 30.0 Å². The van der Waals surface area contributed by atoms with Crippen LogP contribution in [0, 0.1) is 24.0 Å². The van der Waals surface area contributed by atoms with Crippen molar-refractivity contribution in [2.75, 3.05) is 10.6 Å². The summed E-state index contributed by atoms with van der Waals surface area (Å²) in [5.41, 5.74) is 2.35. The number of aryl methyl sites for hydroxylation is 2. The van der Waals surface area contributed by atoms with E-state index in [2.05, 4.69) is 5.32 Å². The molecule has 156 valence electrons. The summed E-state index contributed by atoms with van der Waals surface area (Å²) in [5, 5.41) is 13.9. The third kappa shape index (κ3) is 5.54. The summed E-state index contributed by atoms with van der Waals surface area (Å²) in [6.45, 7) is 5.54. The lowest BCUT2D eigenvalue weighted by Gasteiger charge is -2.31. The number of carbonyl (C=O) groups excluding carboxylic acids is 1. The van der Waals surface area contributed by atoms with E-state index < -0.39 is 26.9 Å². The summed E-state index contributed by atoms with van der Waals surface area (Å²) in [4.78, 5) is 23.4. The number of hydrogen-bond acceptors (Lipinski definition) is 5. The van der Waals surface area contributed by atoms with E-state index in [1.807, 2.05) is 31.2 Å². The molecule has 9 heteroatoms. The van der Waals surface area contributed by atoms with Crippen LogP contribution < -0.4 is 9.62 Å². The van der Waals surface area contributed by atoms with Crippen molar-refractivity contribution in [1.82, 2.24) is 5.32 Å². The molecular formula is C20H25N3O5S. The van der Waals surface area contributed by atoms with Crippen molar-refractivity contribution in [2.24, 2.45) is 0 Å². The van der Waals surface area contributed by atoms with Gasteiger partial charge in [0, 0.05) is 18.7 Å². The molecule has 0 saturated heterocycles. The van der Waals surface area contributed by atoms with E-state index in [1.54, 1.807) is 13.8 Å². The van der Waals surface area contributed by atoms with E-state index >= 15 is 0 Å². The van der Waals surface area contributed by atoms with Gasteiger partial charge in [-0.15, -0.1) is 0 Å². The molecule has 1 N–H and O–H groups in total. The molecule has 2 rings (SSSR count). The zero-order chi connectivity index (χ0) is 21.8. The molecular weight excluding hydrogens is 394 g/mol. The van der Waals surface area contributed by atoms with Gasteiger partial charge in [0.1, 0.15) is 6.04 Å². The van der Waals surface area contributed by atoms with Crippen molar-refractivity contribution in [1.29, 1.82) is 0 Å². The Morgan fingerprint density at radius 1 is 1.21 bits per heavy atom. The van der Waals surface area contributed by atoms with E-state index in [4.69, 9.17) is 0 Å². The number of benzene rings is 2. The molecule has 0 bridgehead atoms. The van der Waals surface area contributed by atoms with Gasteiger partial charge >= 0.3 is 0 Å². The summed E-state index contributed by atoms with van der Waals surface area (Å²) in [6.07, 6.45) is 1.19. The molecule has 0 unspecified atom stereocenters. The number of nitro benzene ring substituents is 1. The second kappa shape index (κ2) is 9.04. The van der Waals surface area contributed by atoms with Gasteiger partial charge in [-0.05, 0) is 31.4 Å². The number of rotatable bonds is 8. The highest BCUT2D eigenvalue weighted by molar-refractivity contribution is 7.92. The first kappa shape index (κ1) is 22.4. The Labute approximate surface area is 170 Å². The normalized spacial score (nSPS) is 12.3. The molecule has 0 spiro atoms. The van der Waals surface area contributed by atoms with Crippen LogP contribution in [0.3, 0.4) is 0 Å². The molecule has 0 saturated carbocycles. The van der Waals surface area contributed by atoms with E-state index in [0.29, 0.717) is 5.56 Å². The largest absolute Gasteiger partial charge is 0.350 e. The topological polar surface area (TPSA) is 110 Å². The van der Waals surface area contributed by atoms with Gasteiger partial charge in [0.15, 0.2) is 0 Å². The number of nitro groups is 1. The zero-order valence-electron chi connectivity index (χ0n) is 16.9. The standard InChI is InChI=1S/C20H25N3O5S/c1-5-18(20(24)21-13-16-8-6-7-14(2)11-16)22(29(4,27)28)19-12-17(23(25)26)10-9-15(19)3/h6-12,18H,5,13H2,1-4H3,(H,21,24)/t18-/m1/s1. The summed E-state index contributed by atoms with van der Waals surface area (Å²) in [7, 11) is -3.88. The van der Waals surface area contributed by atoms with Crippen molar-refractivity contribution >= 4 is 27.3 Å². The van der Waals surface area contributed by atoms with Crippen molar-refractivity contribution in [2.45, 2.75) is 39.8 Å². The monoisotopic (exact) mass is 419 g/mol. The molecule has 1 atom stereocenters. The van der Waals surface area contributed by atoms with E-state index in [0.717, 1.165) is 21.7 Å². The predicted octanol–water partition coefficient (Wildman–Crippen LogP) is 3.07. The number of non-ortho nitro benzene ring substituents is 1. The van der Waals surface area contributed by atoms with Crippen LogP contribution in [0.4, 0.5) is 11.4 Å². The number of sulfonamides is 1. The van der Waals surface area contributed by atoms with Gasteiger partial charge in [0.2, 0.25) is 15.9 Å². The fraction of sp³-hybridized carbons (Fsp3) is 0.350. The first-order chi connectivity index (χ1) is 13.5. The van der Waals surface area contributed by atoms with E-state index in [-0.39, 0.29) is 24.3 Å². The number of nitrogens with zero attached hydrogens (tertiary/aromatic N) is 2. The first-order valence-corrected chi connectivity index (χ1v) is 11.0. The lowest BCUT2D eigenvalue weighted by Crippen LogP contribution is -2.49. The molecule has 8 nitrogen and oxygen atoms in total. The van der Waals surface area contributed by atoms with Gasteiger partial charge in [0.05, 0.1) is 16.9 Å². The van der Waals surface area contributed by atoms with Crippen molar-refractivity contribution in [3.8, 4) is 0 Å². The van der Waals surface area contributed by atoms with E-state index in [9.17, 15) is 23.3 Å². The molecule has 0 aliphatic carbocycles. The third-order valence-corrected chi connectivity index (χ3v) is 5.69. The molecule has 0 heterocycles. The Balaban J connectivity index is 2.38. The Hall–Kier alpha value is -2.94. The summed E-state index contributed by atoms with van der Waals surface area (Å²) in [5.74, 6) is -0.467. The second-order valence-corrected chi connectivity index (χ2v) is 8.78. The number of hydrogen-bond donors (Lipinski definition) is 1. The molecule has 2 aromatic carbocycles. The van der Waals surface area contributed by atoms with Crippen LogP contribution in [-0.4, -0.2) is 31.5 Å². The number of carbonyl (C=O) groups is 1. The number of amides is 1. The van der Waals surface area contributed by atoms with Gasteiger partial charge in [-0.3, -0.25) is 19.2 Å². The van der Waals surface area contributed by atoms with Crippen LogP contribution >= 0.6 is 0 Å². The van der Waals surface area contributed by atoms with Crippen LogP contribution in [0.25, 0.3) is 0 Å². The molecule has 0 radical (unpaired) electrons. The predicted molar refractivity (Wildman–Crippen MR) is 112 cm³/mol. The van der Waals surface area contributed by atoms with Gasteiger partial charge in [0.25, 0.3) is 5.69 Å². The van der Waals surface area contributed by atoms with E-state index in [1.165, 1.54) is 18.2 Å². The minimum Gasteiger partial charge on any atom is -0.350 e. The molecule has 1 amide bonds. The highest BCUT2D eigenvalue weighted by Crippen LogP contribution is 2.30. The second-order valence-electron chi connectivity index (χ2n) is 6.92. The number of nitrogens with one attached hydrogen (secondary N) is 1. The summed E-state index contributed by atoms with van der Waals surface area (Å²) >= 11 is 0. The lowest BCUT2D eigenvalue weighted by molar-refractivity contribution is -0.384. The average Bonchev–Trinajstić information content (AvgIpc) is 2.64. The molecule has 0 fully saturated rings. The molecule has 0 aliphatic rings. The Bertz CT molecular complexity index is 1020.